The fourth-order valence-corrected chi connectivity index (χ4v) is 1.58. The Morgan fingerprint density at radius 3 is 2.05 bits per heavy atom. The molecule has 0 aliphatic rings. The summed E-state index contributed by atoms with van der Waals surface area (Å²) < 4.78 is 39.6. The topological polar surface area (TPSA) is 67.1 Å². The molecule has 0 atom stereocenters. The summed E-state index contributed by atoms with van der Waals surface area (Å²) in [6.07, 6.45) is 0. The molecule has 0 radical (unpaired) electrons. The molecule has 104 valence electrons. The Labute approximate surface area is 112 Å². The van der Waals surface area contributed by atoms with Crippen molar-refractivity contribution in [2.24, 2.45) is 5.84 Å². The summed E-state index contributed by atoms with van der Waals surface area (Å²) in [5, 5.41) is 2.39. The molecule has 0 aromatic heterocycles. The van der Waals surface area contributed by atoms with Crippen LogP contribution >= 0.6 is 0 Å². The first-order valence-electron chi connectivity index (χ1n) is 5.54. The van der Waals surface area contributed by atoms with E-state index < -0.39 is 29.0 Å². The molecule has 0 bridgehead atoms. The van der Waals surface area contributed by atoms with E-state index in [1.54, 1.807) is 0 Å². The molecule has 1 amide bonds. The van der Waals surface area contributed by atoms with Gasteiger partial charge >= 0.3 is 0 Å². The van der Waals surface area contributed by atoms with Crippen molar-refractivity contribution < 1.29 is 18.0 Å². The highest BCUT2D eigenvalue weighted by molar-refractivity contribution is 6.04. The lowest BCUT2D eigenvalue weighted by Crippen LogP contribution is -2.15. The van der Waals surface area contributed by atoms with Crippen LogP contribution in [0.25, 0.3) is 0 Å². The molecule has 2 aromatic rings. The first-order valence-corrected chi connectivity index (χ1v) is 5.54. The molecule has 2 rings (SSSR count). The number of nitrogens with two attached hydrogens (primary N) is 1. The summed E-state index contributed by atoms with van der Waals surface area (Å²) in [5.74, 6) is 1.79. The third-order valence-electron chi connectivity index (χ3n) is 2.55. The van der Waals surface area contributed by atoms with Gasteiger partial charge in [0.1, 0.15) is 11.5 Å². The Bertz CT molecular complexity index is 621. The van der Waals surface area contributed by atoms with Crippen molar-refractivity contribution in [3.8, 4) is 0 Å². The van der Waals surface area contributed by atoms with Crippen LogP contribution in [-0.2, 0) is 0 Å². The smallest absolute Gasteiger partial charge is 0.255 e. The zero-order valence-electron chi connectivity index (χ0n) is 10.1. The second kappa shape index (κ2) is 5.62. The van der Waals surface area contributed by atoms with Gasteiger partial charge in [0, 0.05) is 11.3 Å². The first-order chi connectivity index (χ1) is 9.51. The van der Waals surface area contributed by atoms with Crippen molar-refractivity contribution in [2.45, 2.75) is 0 Å². The van der Waals surface area contributed by atoms with Crippen LogP contribution in [0.3, 0.4) is 0 Å². The number of carbonyl (C=O) groups excluding carboxylic acids is 1. The summed E-state index contributed by atoms with van der Waals surface area (Å²) in [5.41, 5.74) is 1.42. The molecule has 0 saturated carbocycles. The van der Waals surface area contributed by atoms with Crippen LogP contribution < -0.4 is 16.6 Å². The van der Waals surface area contributed by atoms with E-state index in [9.17, 15) is 18.0 Å². The molecular formula is C13H10F3N3O. The first kappa shape index (κ1) is 13.9. The average Bonchev–Trinajstić information content (AvgIpc) is 2.41. The lowest BCUT2D eigenvalue weighted by atomic mass is 10.1. The summed E-state index contributed by atoms with van der Waals surface area (Å²) >= 11 is 0. The van der Waals surface area contributed by atoms with Gasteiger partial charge in [-0.25, -0.2) is 13.2 Å². The molecule has 4 nitrogen and oxygen atoms in total. The van der Waals surface area contributed by atoms with E-state index >= 15 is 0 Å². The molecule has 0 heterocycles. The van der Waals surface area contributed by atoms with Crippen LogP contribution in [-0.4, -0.2) is 5.91 Å². The summed E-state index contributed by atoms with van der Waals surface area (Å²) in [6.45, 7) is 0. The standard InChI is InChI=1S/C13H10F3N3O/c14-8-1-3-9(4-2-8)18-13(20)7-5-10(15)12(19-17)11(16)6-7/h1-6,19H,17H2,(H,18,20). The summed E-state index contributed by atoms with van der Waals surface area (Å²) in [6, 6.07) is 6.65. The second-order valence-corrected chi connectivity index (χ2v) is 3.92. The molecule has 4 N–H and O–H groups in total. The van der Waals surface area contributed by atoms with Gasteiger partial charge < -0.3 is 10.7 Å². The molecule has 0 saturated heterocycles. The van der Waals surface area contributed by atoms with E-state index in [1.807, 2.05) is 5.43 Å². The molecule has 2 aromatic carbocycles. The van der Waals surface area contributed by atoms with Crippen LogP contribution in [0, 0.1) is 17.5 Å². The van der Waals surface area contributed by atoms with Gasteiger partial charge in [-0.05, 0) is 36.4 Å². The Morgan fingerprint density at radius 2 is 1.55 bits per heavy atom. The van der Waals surface area contributed by atoms with Crippen LogP contribution in [0.4, 0.5) is 24.5 Å². The average molecular weight is 281 g/mol. The third-order valence-corrected chi connectivity index (χ3v) is 2.55. The van der Waals surface area contributed by atoms with Gasteiger partial charge in [-0.1, -0.05) is 0 Å². The van der Waals surface area contributed by atoms with Crippen molar-refractivity contribution in [2.75, 3.05) is 10.7 Å². The van der Waals surface area contributed by atoms with Crippen LogP contribution in [0.2, 0.25) is 0 Å². The number of amides is 1. The van der Waals surface area contributed by atoms with Gasteiger partial charge in [0.2, 0.25) is 0 Å². The van der Waals surface area contributed by atoms with Gasteiger partial charge in [-0.3, -0.25) is 10.6 Å². The number of carbonyl (C=O) groups is 1. The fraction of sp³-hybridized carbons (Fsp3) is 0. The Balaban J connectivity index is 2.23. The van der Waals surface area contributed by atoms with E-state index in [1.165, 1.54) is 12.1 Å². The number of nitrogens with one attached hydrogen (secondary N) is 2. The molecule has 0 aliphatic carbocycles. The van der Waals surface area contributed by atoms with Crippen LogP contribution in [0.5, 0.6) is 0 Å². The number of nitrogen functional groups attached to an aromatic ring is 1. The maximum absolute atomic E-state index is 13.5. The van der Waals surface area contributed by atoms with Gasteiger partial charge in [-0.15, -0.1) is 0 Å². The highest BCUT2D eigenvalue weighted by Crippen LogP contribution is 2.20. The largest absolute Gasteiger partial charge is 0.322 e. The molecule has 0 fully saturated rings. The molecule has 20 heavy (non-hydrogen) atoms. The minimum atomic E-state index is -0.989. The van der Waals surface area contributed by atoms with Gasteiger partial charge in [0.25, 0.3) is 5.91 Å². The Kier molecular flexibility index (Phi) is 3.90. The molecule has 0 spiro atoms. The highest BCUT2D eigenvalue weighted by Gasteiger charge is 2.14. The molecule has 0 aliphatic heterocycles. The van der Waals surface area contributed by atoms with Crippen LogP contribution in [0.15, 0.2) is 36.4 Å². The van der Waals surface area contributed by atoms with E-state index in [0.717, 1.165) is 24.3 Å². The van der Waals surface area contributed by atoms with E-state index in [-0.39, 0.29) is 5.56 Å². The molecule has 7 heteroatoms. The van der Waals surface area contributed by atoms with Gasteiger partial charge in [0.15, 0.2) is 11.6 Å². The normalized spacial score (nSPS) is 10.2. The summed E-state index contributed by atoms with van der Waals surface area (Å²) in [4.78, 5) is 11.8. The predicted molar refractivity (Wildman–Crippen MR) is 68.5 cm³/mol. The predicted octanol–water partition coefficient (Wildman–Crippen LogP) is 2.64. The minimum Gasteiger partial charge on any atom is -0.322 e. The number of benzene rings is 2. The molecule has 0 unspecified atom stereocenters. The maximum Gasteiger partial charge on any atom is 0.255 e. The van der Waals surface area contributed by atoms with Crippen molar-refractivity contribution in [1.29, 1.82) is 0 Å². The van der Waals surface area contributed by atoms with E-state index in [4.69, 9.17) is 5.84 Å². The third kappa shape index (κ3) is 2.89. The number of hydrazine groups is 1. The zero-order valence-corrected chi connectivity index (χ0v) is 10.1. The monoisotopic (exact) mass is 281 g/mol. The Morgan fingerprint density at radius 1 is 1.00 bits per heavy atom. The van der Waals surface area contributed by atoms with E-state index in [2.05, 4.69) is 5.32 Å². The van der Waals surface area contributed by atoms with Gasteiger partial charge in [0.05, 0.1) is 0 Å². The quantitative estimate of drug-likeness (QED) is 0.598. The SMILES string of the molecule is NNc1c(F)cc(C(=O)Nc2ccc(F)cc2)cc1F. The van der Waals surface area contributed by atoms with Gasteiger partial charge in [-0.2, -0.15) is 0 Å². The number of rotatable bonds is 3. The lowest BCUT2D eigenvalue weighted by Gasteiger charge is -2.08. The number of anilines is 2. The number of hydrogen-bond donors (Lipinski definition) is 3. The molecular weight excluding hydrogens is 271 g/mol. The lowest BCUT2D eigenvalue weighted by molar-refractivity contribution is 0.102. The van der Waals surface area contributed by atoms with Crippen molar-refractivity contribution in [3.63, 3.8) is 0 Å². The van der Waals surface area contributed by atoms with Crippen molar-refractivity contribution in [1.82, 2.24) is 0 Å². The second-order valence-electron chi connectivity index (χ2n) is 3.92. The van der Waals surface area contributed by atoms with Crippen LogP contribution in [0.1, 0.15) is 10.4 Å². The highest BCUT2D eigenvalue weighted by atomic mass is 19.1. The minimum absolute atomic E-state index is 0.219. The Hall–Kier alpha value is -2.54. The fourth-order valence-electron chi connectivity index (χ4n) is 1.58. The number of hydrogen-bond acceptors (Lipinski definition) is 3. The van der Waals surface area contributed by atoms with E-state index in [0.29, 0.717) is 5.69 Å². The summed E-state index contributed by atoms with van der Waals surface area (Å²) in [7, 11) is 0. The number of halogens is 3. The maximum atomic E-state index is 13.5. The zero-order chi connectivity index (χ0) is 14.7. The van der Waals surface area contributed by atoms with Crippen molar-refractivity contribution >= 4 is 17.3 Å². The van der Waals surface area contributed by atoms with Crippen molar-refractivity contribution in [3.05, 3.63) is 59.4 Å².